The Morgan fingerprint density at radius 1 is 1.33 bits per heavy atom. The zero-order chi connectivity index (χ0) is 14.5. The van der Waals surface area contributed by atoms with Gasteiger partial charge in [-0.05, 0) is 29.8 Å². The number of hydrogen-bond acceptors (Lipinski definition) is 4. The number of carbonyl (C=O) groups excluding carboxylic acids is 1. The summed E-state index contributed by atoms with van der Waals surface area (Å²) in [4.78, 5) is 16.0. The second-order valence-corrected chi connectivity index (χ2v) is 4.54. The van der Waals surface area contributed by atoms with E-state index in [0.29, 0.717) is 6.54 Å². The van der Waals surface area contributed by atoms with Crippen molar-refractivity contribution in [1.29, 1.82) is 0 Å². The molecule has 3 aromatic heterocycles. The predicted molar refractivity (Wildman–Crippen MR) is 76.0 cm³/mol. The first-order valence-electron chi connectivity index (χ1n) is 6.53. The number of furan rings is 1. The third-order valence-electron chi connectivity index (χ3n) is 2.96. The number of amides is 1. The third kappa shape index (κ3) is 3.36. The van der Waals surface area contributed by atoms with E-state index in [-0.39, 0.29) is 12.5 Å². The number of pyridine rings is 1. The lowest BCUT2D eigenvalue weighted by Crippen LogP contribution is -2.27. The molecule has 3 heterocycles. The highest BCUT2D eigenvalue weighted by molar-refractivity contribution is 5.75. The van der Waals surface area contributed by atoms with Gasteiger partial charge in [-0.15, -0.1) is 0 Å². The van der Waals surface area contributed by atoms with E-state index < -0.39 is 0 Å². The van der Waals surface area contributed by atoms with Crippen molar-refractivity contribution in [1.82, 2.24) is 20.1 Å². The summed E-state index contributed by atoms with van der Waals surface area (Å²) in [5, 5.41) is 6.83. The highest BCUT2D eigenvalue weighted by Gasteiger charge is 2.05. The average Bonchev–Trinajstić information content (AvgIpc) is 3.19. The van der Waals surface area contributed by atoms with Crippen LogP contribution < -0.4 is 5.32 Å². The van der Waals surface area contributed by atoms with Crippen molar-refractivity contribution in [2.24, 2.45) is 0 Å². The molecule has 3 aromatic rings. The van der Waals surface area contributed by atoms with E-state index >= 15 is 0 Å². The zero-order valence-electron chi connectivity index (χ0n) is 11.3. The maximum absolute atomic E-state index is 11.8. The number of carbonyl (C=O) groups is 1. The lowest BCUT2D eigenvalue weighted by molar-refractivity contribution is -0.122. The van der Waals surface area contributed by atoms with Crippen molar-refractivity contribution < 1.29 is 9.21 Å². The first kappa shape index (κ1) is 13.1. The fourth-order valence-corrected chi connectivity index (χ4v) is 1.96. The minimum Gasteiger partial charge on any atom is -0.464 e. The Morgan fingerprint density at radius 2 is 2.29 bits per heavy atom. The number of rotatable bonds is 5. The van der Waals surface area contributed by atoms with Gasteiger partial charge in [-0.2, -0.15) is 5.10 Å². The van der Waals surface area contributed by atoms with Crippen LogP contribution >= 0.6 is 0 Å². The quantitative estimate of drug-likeness (QED) is 0.775. The topological polar surface area (TPSA) is 73.0 Å². The summed E-state index contributed by atoms with van der Waals surface area (Å²) in [6.07, 6.45) is 8.46. The SMILES string of the molecule is O=C(Cn1cccn1)NCc1cncc(-c2ccco2)c1. The molecule has 6 heteroatoms. The van der Waals surface area contributed by atoms with Gasteiger partial charge in [0.1, 0.15) is 12.3 Å². The smallest absolute Gasteiger partial charge is 0.241 e. The van der Waals surface area contributed by atoms with Crippen LogP contribution in [0.1, 0.15) is 5.56 Å². The van der Waals surface area contributed by atoms with Gasteiger partial charge in [0.2, 0.25) is 5.91 Å². The van der Waals surface area contributed by atoms with Crippen molar-refractivity contribution in [2.45, 2.75) is 13.1 Å². The summed E-state index contributed by atoms with van der Waals surface area (Å²) in [5.41, 5.74) is 1.80. The van der Waals surface area contributed by atoms with Crippen LogP contribution in [0.4, 0.5) is 0 Å². The summed E-state index contributed by atoms with van der Waals surface area (Å²) in [7, 11) is 0. The van der Waals surface area contributed by atoms with Gasteiger partial charge in [-0.3, -0.25) is 14.5 Å². The minimum atomic E-state index is -0.0953. The van der Waals surface area contributed by atoms with Crippen LogP contribution in [0.3, 0.4) is 0 Å². The Hall–Kier alpha value is -2.89. The lowest BCUT2D eigenvalue weighted by atomic mass is 10.1. The molecule has 106 valence electrons. The van der Waals surface area contributed by atoms with Gasteiger partial charge < -0.3 is 9.73 Å². The summed E-state index contributed by atoms with van der Waals surface area (Å²) in [6, 6.07) is 7.43. The molecule has 0 fully saturated rings. The van der Waals surface area contributed by atoms with Crippen LogP contribution in [0.25, 0.3) is 11.3 Å². The highest BCUT2D eigenvalue weighted by atomic mass is 16.3. The van der Waals surface area contributed by atoms with Crippen LogP contribution in [0, 0.1) is 0 Å². The molecule has 0 aromatic carbocycles. The Bertz CT molecular complexity index is 705. The molecule has 0 unspecified atom stereocenters. The van der Waals surface area contributed by atoms with Crippen LogP contribution in [-0.2, 0) is 17.9 Å². The molecule has 1 amide bonds. The van der Waals surface area contributed by atoms with Gasteiger partial charge >= 0.3 is 0 Å². The molecule has 0 atom stereocenters. The molecule has 6 nitrogen and oxygen atoms in total. The number of hydrogen-bond donors (Lipinski definition) is 1. The molecule has 0 saturated carbocycles. The molecule has 0 spiro atoms. The van der Waals surface area contributed by atoms with Crippen molar-refractivity contribution in [3.8, 4) is 11.3 Å². The van der Waals surface area contributed by atoms with E-state index in [1.54, 1.807) is 41.8 Å². The van der Waals surface area contributed by atoms with E-state index in [1.807, 2.05) is 18.2 Å². The largest absolute Gasteiger partial charge is 0.464 e. The van der Waals surface area contributed by atoms with E-state index in [9.17, 15) is 4.79 Å². The molecule has 0 aliphatic heterocycles. The van der Waals surface area contributed by atoms with Gasteiger partial charge in [-0.1, -0.05) is 0 Å². The summed E-state index contributed by atoms with van der Waals surface area (Å²) in [6.45, 7) is 0.625. The lowest BCUT2D eigenvalue weighted by Gasteiger charge is -2.06. The highest BCUT2D eigenvalue weighted by Crippen LogP contribution is 2.19. The first-order chi connectivity index (χ1) is 10.3. The molecule has 0 aliphatic carbocycles. The first-order valence-corrected chi connectivity index (χ1v) is 6.53. The number of aromatic nitrogens is 3. The van der Waals surface area contributed by atoms with E-state index in [1.165, 1.54) is 0 Å². The van der Waals surface area contributed by atoms with E-state index in [2.05, 4.69) is 15.4 Å². The van der Waals surface area contributed by atoms with Crippen molar-refractivity contribution in [3.63, 3.8) is 0 Å². The predicted octanol–water partition coefficient (Wildman–Crippen LogP) is 1.85. The summed E-state index contributed by atoms with van der Waals surface area (Å²) in [5.74, 6) is 0.661. The van der Waals surface area contributed by atoms with Crippen LogP contribution in [0.15, 0.2) is 59.7 Å². The fourth-order valence-electron chi connectivity index (χ4n) is 1.96. The second-order valence-electron chi connectivity index (χ2n) is 4.54. The second kappa shape index (κ2) is 6.04. The van der Waals surface area contributed by atoms with Crippen LogP contribution in [-0.4, -0.2) is 20.7 Å². The molecular weight excluding hydrogens is 268 g/mol. The Labute approximate surface area is 121 Å². The Balaban J connectivity index is 1.60. The molecule has 0 aliphatic rings. The van der Waals surface area contributed by atoms with Crippen LogP contribution in [0.2, 0.25) is 0 Å². The average molecular weight is 282 g/mol. The molecule has 0 radical (unpaired) electrons. The minimum absolute atomic E-state index is 0.0953. The Kier molecular flexibility index (Phi) is 3.77. The normalized spacial score (nSPS) is 10.5. The summed E-state index contributed by atoms with van der Waals surface area (Å²) >= 11 is 0. The molecule has 1 N–H and O–H groups in total. The molecular formula is C15H14N4O2. The molecule has 0 bridgehead atoms. The van der Waals surface area contributed by atoms with E-state index in [0.717, 1.165) is 16.9 Å². The van der Waals surface area contributed by atoms with Gasteiger partial charge in [-0.25, -0.2) is 0 Å². The Morgan fingerprint density at radius 3 is 3.05 bits per heavy atom. The maximum atomic E-state index is 11.8. The molecule has 0 saturated heterocycles. The summed E-state index contributed by atoms with van der Waals surface area (Å²) < 4.78 is 6.91. The molecule has 21 heavy (non-hydrogen) atoms. The molecule has 3 rings (SSSR count). The van der Waals surface area contributed by atoms with Crippen LogP contribution in [0.5, 0.6) is 0 Å². The van der Waals surface area contributed by atoms with Gasteiger partial charge in [0.25, 0.3) is 0 Å². The fraction of sp³-hybridized carbons (Fsp3) is 0.133. The van der Waals surface area contributed by atoms with Crippen molar-refractivity contribution in [2.75, 3.05) is 0 Å². The van der Waals surface area contributed by atoms with Crippen molar-refractivity contribution in [3.05, 3.63) is 60.9 Å². The van der Waals surface area contributed by atoms with E-state index in [4.69, 9.17) is 4.42 Å². The monoisotopic (exact) mass is 282 g/mol. The number of nitrogens with zero attached hydrogens (tertiary/aromatic N) is 3. The number of nitrogens with one attached hydrogen (secondary N) is 1. The maximum Gasteiger partial charge on any atom is 0.241 e. The third-order valence-corrected chi connectivity index (χ3v) is 2.96. The zero-order valence-corrected chi connectivity index (χ0v) is 11.3. The van der Waals surface area contributed by atoms with Gasteiger partial charge in [0, 0.05) is 36.9 Å². The van der Waals surface area contributed by atoms with Gasteiger partial charge in [0.05, 0.1) is 6.26 Å². The van der Waals surface area contributed by atoms with Gasteiger partial charge in [0.15, 0.2) is 0 Å². The van der Waals surface area contributed by atoms with Crippen molar-refractivity contribution >= 4 is 5.91 Å². The standard InChI is InChI=1S/C15H14N4O2/c20-15(11-19-5-2-4-18-19)17-9-12-7-13(10-16-8-12)14-3-1-6-21-14/h1-8,10H,9,11H2,(H,17,20).